The first-order valence-corrected chi connectivity index (χ1v) is 16.4. The zero-order valence-electron chi connectivity index (χ0n) is 27.0. The summed E-state index contributed by atoms with van der Waals surface area (Å²) in [6, 6.07) is 24.0. The third kappa shape index (κ3) is 7.48. The van der Waals surface area contributed by atoms with Crippen molar-refractivity contribution in [2.75, 3.05) is 82.4 Å². The number of nitrogens with one attached hydrogen (secondary N) is 1. The molecule has 1 N–H and O–H groups in total. The van der Waals surface area contributed by atoms with Crippen LogP contribution in [0.1, 0.15) is 32.3 Å². The smallest absolute Gasteiger partial charge is 0.233 e. The molecule has 2 aliphatic rings. The van der Waals surface area contributed by atoms with Gasteiger partial charge in [-0.15, -0.1) is 0 Å². The minimum atomic E-state index is -0.472. The number of aromatic nitrogens is 1. The van der Waals surface area contributed by atoms with Gasteiger partial charge in [0.2, 0.25) is 11.8 Å². The summed E-state index contributed by atoms with van der Waals surface area (Å²) in [5, 5.41) is 3.51. The molecule has 9 nitrogen and oxygen atoms in total. The van der Waals surface area contributed by atoms with Crippen LogP contribution in [0.15, 0.2) is 79.0 Å². The SMILES string of the molecule is CCN(CC)C(=O)[C@@]1(c2ccccc2)CC1CNCCC(=O)N(CCN1CCN(c2ccccc2OC)CC1)c1ccccn1. The number of hydrogen-bond donors (Lipinski definition) is 1. The molecular weight excluding hydrogens is 564 g/mol. The number of rotatable bonds is 15. The normalized spacial score (nSPS) is 19.6. The molecule has 3 aromatic rings. The Morgan fingerprint density at radius 2 is 1.67 bits per heavy atom. The summed E-state index contributed by atoms with van der Waals surface area (Å²) in [5.74, 6) is 2.06. The second-order valence-electron chi connectivity index (χ2n) is 11.9. The fraction of sp³-hybridized carbons (Fsp3) is 0.472. The molecule has 1 aromatic heterocycles. The van der Waals surface area contributed by atoms with Crippen LogP contribution in [0.25, 0.3) is 0 Å². The number of hydrogen-bond acceptors (Lipinski definition) is 7. The molecule has 5 rings (SSSR count). The van der Waals surface area contributed by atoms with E-state index >= 15 is 0 Å². The molecule has 1 saturated heterocycles. The third-order valence-corrected chi connectivity index (χ3v) is 9.40. The lowest BCUT2D eigenvalue weighted by Crippen LogP contribution is -2.49. The summed E-state index contributed by atoms with van der Waals surface area (Å²) >= 11 is 0. The van der Waals surface area contributed by atoms with Crippen molar-refractivity contribution in [2.24, 2.45) is 5.92 Å². The van der Waals surface area contributed by atoms with Crippen LogP contribution in [0.2, 0.25) is 0 Å². The van der Waals surface area contributed by atoms with E-state index in [0.717, 1.165) is 56.1 Å². The van der Waals surface area contributed by atoms with E-state index in [4.69, 9.17) is 4.74 Å². The zero-order valence-corrected chi connectivity index (χ0v) is 27.0. The summed E-state index contributed by atoms with van der Waals surface area (Å²) in [7, 11) is 1.71. The van der Waals surface area contributed by atoms with Gasteiger partial charge in [-0.25, -0.2) is 4.98 Å². The average molecular weight is 613 g/mol. The summed E-state index contributed by atoms with van der Waals surface area (Å²) in [6.07, 6.45) is 2.94. The lowest BCUT2D eigenvalue weighted by Gasteiger charge is -2.37. The Hall–Kier alpha value is -3.95. The minimum Gasteiger partial charge on any atom is -0.495 e. The van der Waals surface area contributed by atoms with Gasteiger partial charge >= 0.3 is 0 Å². The molecular formula is C36H48N6O3. The van der Waals surface area contributed by atoms with Gasteiger partial charge in [-0.2, -0.15) is 0 Å². The molecule has 45 heavy (non-hydrogen) atoms. The predicted molar refractivity (Wildman–Crippen MR) is 180 cm³/mol. The molecule has 1 aliphatic carbocycles. The zero-order chi connectivity index (χ0) is 31.6. The van der Waals surface area contributed by atoms with Crippen molar-refractivity contribution < 1.29 is 14.3 Å². The number of carbonyl (C=O) groups is 2. The summed E-state index contributed by atoms with van der Waals surface area (Å²) in [6.45, 7) is 11.8. The van der Waals surface area contributed by atoms with Gasteiger partial charge in [-0.05, 0) is 62.6 Å². The molecule has 0 radical (unpaired) electrons. The number of methoxy groups -OCH3 is 1. The first-order chi connectivity index (χ1) is 22.0. The van der Waals surface area contributed by atoms with Crippen molar-refractivity contribution in [1.29, 1.82) is 0 Å². The van der Waals surface area contributed by atoms with Gasteiger partial charge in [0.15, 0.2) is 0 Å². The summed E-state index contributed by atoms with van der Waals surface area (Å²) < 4.78 is 5.57. The first kappa shape index (κ1) is 32.4. The van der Waals surface area contributed by atoms with Crippen molar-refractivity contribution in [1.82, 2.24) is 20.1 Å². The highest BCUT2D eigenvalue weighted by atomic mass is 16.5. The van der Waals surface area contributed by atoms with E-state index in [1.807, 2.05) is 78.2 Å². The van der Waals surface area contributed by atoms with Gasteiger partial charge in [-0.3, -0.25) is 19.4 Å². The highest BCUT2D eigenvalue weighted by molar-refractivity contribution is 5.93. The number of pyridine rings is 1. The molecule has 2 fully saturated rings. The highest BCUT2D eigenvalue weighted by Gasteiger charge is 2.61. The Kier molecular flexibility index (Phi) is 11.1. The Bertz CT molecular complexity index is 1380. The molecule has 240 valence electrons. The second kappa shape index (κ2) is 15.4. The Balaban J connectivity index is 1.13. The van der Waals surface area contributed by atoms with Gasteiger partial charge < -0.3 is 19.9 Å². The summed E-state index contributed by atoms with van der Waals surface area (Å²) in [4.78, 5) is 40.2. The van der Waals surface area contributed by atoms with Crippen molar-refractivity contribution in [3.05, 3.63) is 84.6 Å². The van der Waals surface area contributed by atoms with Crippen LogP contribution >= 0.6 is 0 Å². The van der Waals surface area contributed by atoms with E-state index in [9.17, 15) is 9.59 Å². The highest BCUT2D eigenvalue weighted by Crippen LogP contribution is 2.55. The molecule has 1 aliphatic heterocycles. The number of nitrogens with zero attached hydrogens (tertiary/aromatic N) is 5. The van der Waals surface area contributed by atoms with Gasteiger partial charge in [0, 0.05) is 71.5 Å². The van der Waals surface area contributed by atoms with Crippen molar-refractivity contribution in [2.45, 2.75) is 32.1 Å². The van der Waals surface area contributed by atoms with E-state index in [2.05, 4.69) is 38.3 Å². The topological polar surface area (TPSA) is 81.3 Å². The molecule has 1 saturated carbocycles. The predicted octanol–water partition coefficient (Wildman–Crippen LogP) is 4.05. The second-order valence-corrected chi connectivity index (χ2v) is 11.9. The quantitative estimate of drug-likeness (QED) is 0.260. The van der Waals surface area contributed by atoms with Crippen LogP contribution in [0.5, 0.6) is 5.75 Å². The fourth-order valence-corrected chi connectivity index (χ4v) is 6.68. The van der Waals surface area contributed by atoms with Gasteiger partial charge in [-0.1, -0.05) is 48.5 Å². The van der Waals surface area contributed by atoms with Crippen LogP contribution in [0.4, 0.5) is 11.5 Å². The van der Waals surface area contributed by atoms with Gasteiger partial charge in [0.1, 0.15) is 11.6 Å². The van der Waals surface area contributed by atoms with E-state index in [1.165, 1.54) is 0 Å². The number of benzene rings is 2. The van der Waals surface area contributed by atoms with Crippen LogP contribution in [-0.2, 0) is 15.0 Å². The standard InChI is InChI=1S/C36H48N6O3/c1-4-40(5-2)35(44)36(29-13-7-6-8-14-29)27-30(36)28-37-20-18-34(43)42(33-17-11-12-19-38-33)26-23-39-21-24-41(25-22-39)31-15-9-10-16-32(31)45-3/h6-17,19,30,37H,4-5,18,20-28H2,1-3H3/t30?,36-/m1/s1. The monoisotopic (exact) mass is 612 g/mol. The molecule has 0 bridgehead atoms. The molecule has 2 atom stereocenters. The number of para-hydroxylation sites is 2. The van der Waals surface area contributed by atoms with Gasteiger partial charge in [0.25, 0.3) is 0 Å². The van der Waals surface area contributed by atoms with E-state index in [0.29, 0.717) is 45.0 Å². The van der Waals surface area contributed by atoms with Crippen molar-refractivity contribution >= 4 is 23.3 Å². The number of piperazine rings is 1. The number of amides is 2. The van der Waals surface area contributed by atoms with Crippen LogP contribution in [-0.4, -0.2) is 99.2 Å². The molecule has 2 aromatic carbocycles. The average Bonchev–Trinajstić information content (AvgIpc) is 3.83. The fourth-order valence-electron chi connectivity index (χ4n) is 6.68. The minimum absolute atomic E-state index is 0.0539. The Morgan fingerprint density at radius 3 is 2.36 bits per heavy atom. The number of ether oxygens (including phenoxy) is 1. The maximum atomic E-state index is 13.6. The van der Waals surface area contributed by atoms with Crippen LogP contribution in [0, 0.1) is 5.92 Å². The van der Waals surface area contributed by atoms with E-state index < -0.39 is 5.41 Å². The number of carbonyl (C=O) groups excluding carboxylic acids is 2. The van der Waals surface area contributed by atoms with E-state index in [-0.39, 0.29) is 17.7 Å². The van der Waals surface area contributed by atoms with Crippen LogP contribution in [0.3, 0.4) is 0 Å². The largest absolute Gasteiger partial charge is 0.495 e. The van der Waals surface area contributed by atoms with Crippen LogP contribution < -0.4 is 19.9 Å². The first-order valence-electron chi connectivity index (χ1n) is 16.4. The van der Waals surface area contributed by atoms with E-state index in [1.54, 1.807) is 13.3 Å². The summed E-state index contributed by atoms with van der Waals surface area (Å²) in [5.41, 5.74) is 1.75. The lowest BCUT2D eigenvalue weighted by atomic mass is 9.91. The Morgan fingerprint density at radius 1 is 0.956 bits per heavy atom. The molecule has 1 unspecified atom stereocenters. The molecule has 9 heteroatoms. The maximum Gasteiger partial charge on any atom is 0.233 e. The van der Waals surface area contributed by atoms with Gasteiger partial charge in [0.05, 0.1) is 18.2 Å². The molecule has 2 amide bonds. The lowest BCUT2D eigenvalue weighted by molar-refractivity contribution is -0.134. The third-order valence-electron chi connectivity index (χ3n) is 9.40. The molecule has 0 spiro atoms. The van der Waals surface area contributed by atoms with Crippen molar-refractivity contribution in [3.63, 3.8) is 0 Å². The Labute approximate surface area is 268 Å². The molecule has 2 heterocycles. The number of likely N-dealkylation sites (N-methyl/N-ethyl adjacent to an activating group) is 1. The maximum absolute atomic E-state index is 13.6. The number of anilines is 2. The van der Waals surface area contributed by atoms with Crippen molar-refractivity contribution in [3.8, 4) is 5.75 Å².